The van der Waals surface area contributed by atoms with Crippen molar-refractivity contribution in [1.29, 1.82) is 0 Å². The predicted molar refractivity (Wildman–Crippen MR) is 151 cm³/mol. The molecule has 0 aliphatic rings. The number of terminal acetylenes is 2. The van der Waals surface area contributed by atoms with E-state index in [1.807, 2.05) is 13.1 Å². The third-order valence-corrected chi connectivity index (χ3v) is 11.3. The normalized spacial score (nSPS) is 11.8. The summed E-state index contributed by atoms with van der Waals surface area (Å²) < 4.78 is 23.0. The second kappa shape index (κ2) is 13.6. The molecule has 2 aromatic carbocycles. The predicted octanol–water partition coefficient (Wildman–Crippen LogP) is 5.66. The fourth-order valence-electron chi connectivity index (χ4n) is 3.06. The minimum atomic E-state index is -2.38. The molecule has 0 spiro atoms. The largest absolute Gasteiger partial charge is 0.460 e. The van der Waals surface area contributed by atoms with Crippen molar-refractivity contribution < 1.29 is 28.2 Å². The minimum absolute atomic E-state index is 0.0762. The van der Waals surface area contributed by atoms with Crippen LogP contribution in [0.1, 0.15) is 43.0 Å². The first-order chi connectivity index (χ1) is 17.9. The summed E-state index contributed by atoms with van der Waals surface area (Å²) >= 11 is 5.79. The third-order valence-electron chi connectivity index (χ3n) is 6.67. The van der Waals surface area contributed by atoms with Gasteiger partial charge in [0.05, 0.1) is 13.2 Å². The van der Waals surface area contributed by atoms with Crippen LogP contribution >= 0.6 is 11.6 Å². The van der Waals surface area contributed by atoms with Gasteiger partial charge in [0.1, 0.15) is 19.3 Å². The van der Waals surface area contributed by atoms with Crippen LogP contribution in [-0.4, -0.2) is 39.5 Å². The number of carbonyl (C=O) groups excluding carboxylic acids is 2. The first-order valence-corrected chi connectivity index (χ1v) is 15.6. The van der Waals surface area contributed by atoms with Crippen molar-refractivity contribution >= 4 is 31.9 Å². The molecule has 6 nitrogen and oxygen atoms in total. The molecule has 0 aliphatic carbocycles. The maximum Gasteiger partial charge on any atom is 0.328 e. The van der Waals surface area contributed by atoms with E-state index >= 15 is 0 Å². The minimum Gasteiger partial charge on any atom is -0.460 e. The smallest absolute Gasteiger partial charge is 0.328 e. The SMILES string of the molecule is C#Cc1ccc(COC(=O)C(COCCl)(CO[Si](C)(C)C(C)(C)C)C(=O)OCc2ccc(C#C)cc2)cc1. The summed E-state index contributed by atoms with van der Waals surface area (Å²) in [5.41, 5.74) is 0.925. The zero-order valence-corrected chi connectivity index (χ0v) is 24.4. The molecule has 202 valence electrons. The molecule has 0 aromatic heterocycles. The Labute approximate surface area is 232 Å². The quantitative estimate of drug-likeness (QED) is 0.111. The van der Waals surface area contributed by atoms with Gasteiger partial charge in [0, 0.05) is 11.1 Å². The Kier molecular flexibility index (Phi) is 11.2. The number of hydrogen-bond donors (Lipinski definition) is 0. The van der Waals surface area contributed by atoms with E-state index in [-0.39, 0.29) is 37.5 Å². The molecule has 0 amide bonds. The van der Waals surface area contributed by atoms with E-state index in [0.29, 0.717) is 22.3 Å². The fraction of sp³-hybridized carbons (Fsp3) is 0.400. The van der Waals surface area contributed by atoms with E-state index in [4.69, 9.17) is 43.1 Å². The summed E-state index contributed by atoms with van der Waals surface area (Å²) in [6, 6.07) is 13.8. The number of rotatable bonds is 12. The van der Waals surface area contributed by atoms with E-state index in [1.54, 1.807) is 48.5 Å². The Bertz CT molecular complexity index is 1090. The highest BCUT2D eigenvalue weighted by molar-refractivity contribution is 6.74. The maximum absolute atomic E-state index is 13.6. The molecule has 0 saturated heterocycles. The monoisotopic (exact) mass is 554 g/mol. The van der Waals surface area contributed by atoms with E-state index in [2.05, 4.69) is 32.6 Å². The number of hydrogen-bond acceptors (Lipinski definition) is 6. The summed E-state index contributed by atoms with van der Waals surface area (Å²) in [6.45, 7) is 9.44. The zero-order chi connectivity index (χ0) is 28.4. The summed E-state index contributed by atoms with van der Waals surface area (Å²) in [5.74, 6) is 3.43. The van der Waals surface area contributed by atoms with Crippen LogP contribution in [0.3, 0.4) is 0 Å². The summed E-state index contributed by atoms with van der Waals surface area (Å²) in [6.07, 6.45) is 10.8. The molecular weight excluding hydrogens is 520 g/mol. The van der Waals surface area contributed by atoms with Gasteiger partial charge in [-0.25, -0.2) is 0 Å². The Morgan fingerprint density at radius 3 is 1.58 bits per heavy atom. The molecular formula is C30H35ClO6Si. The van der Waals surface area contributed by atoms with Crippen molar-refractivity contribution in [2.45, 2.75) is 52.1 Å². The molecule has 0 N–H and O–H groups in total. The lowest BCUT2D eigenvalue weighted by Crippen LogP contribution is -2.53. The van der Waals surface area contributed by atoms with Crippen LogP contribution in [0.25, 0.3) is 0 Å². The Hall–Kier alpha value is -3.07. The zero-order valence-electron chi connectivity index (χ0n) is 22.6. The van der Waals surface area contributed by atoms with Gasteiger partial charge in [0.2, 0.25) is 5.41 Å². The highest BCUT2D eigenvalue weighted by atomic mass is 35.5. The number of halogens is 1. The van der Waals surface area contributed by atoms with Crippen molar-refractivity contribution in [1.82, 2.24) is 0 Å². The second-order valence-electron chi connectivity index (χ2n) is 10.4. The van der Waals surface area contributed by atoms with Gasteiger partial charge in [0.15, 0.2) is 8.32 Å². The molecule has 38 heavy (non-hydrogen) atoms. The van der Waals surface area contributed by atoms with E-state index in [9.17, 15) is 9.59 Å². The third kappa shape index (κ3) is 8.21. The molecule has 0 unspecified atom stereocenters. The van der Waals surface area contributed by atoms with Gasteiger partial charge in [-0.05, 0) is 53.5 Å². The van der Waals surface area contributed by atoms with Crippen molar-refractivity contribution in [3.8, 4) is 24.7 Å². The van der Waals surface area contributed by atoms with E-state index in [0.717, 1.165) is 0 Å². The van der Waals surface area contributed by atoms with E-state index in [1.165, 1.54) is 0 Å². The highest BCUT2D eigenvalue weighted by Crippen LogP contribution is 2.38. The van der Waals surface area contributed by atoms with Crippen LogP contribution in [0.2, 0.25) is 18.1 Å². The summed E-state index contributed by atoms with van der Waals surface area (Å²) in [4.78, 5) is 27.2. The molecule has 8 heteroatoms. The Morgan fingerprint density at radius 2 is 1.24 bits per heavy atom. The van der Waals surface area contributed by atoms with Gasteiger partial charge in [-0.15, -0.1) is 12.8 Å². The number of ether oxygens (including phenoxy) is 3. The van der Waals surface area contributed by atoms with Crippen LogP contribution < -0.4 is 0 Å². The highest BCUT2D eigenvalue weighted by Gasteiger charge is 2.52. The van der Waals surface area contributed by atoms with Gasteiger partial charge in [-0.3, -0.25) is 9.59 Å². The number of alkyl halides is 1. The van der Waals surface area contributed by atoms with Crippen LogP contribution in [0.4, 0.5) is 0 Å². The van der Waals surface area contributed by atoms with Crippen LogP contribution in [0.15, 0.2) is 48.5 Å². The first-order valence-electron chi connectivity index (χ1n) is 12.1. The molecule has 0 radical (unpaired) electrons. The Balaban J connectivity index is 2.34. The Morgan fingerprint density at radius 1 is 0.816 bits per heavy atom. The van der Waals surface area contributed by atoms with Gasteiger partial charge in [-0.1, -0.05) is 68.5 Å². The number of carbonyl (C=O) groups is 2. The molecule has 0 fully saturated rings. The van der Waals surface area contributed by atoms with Crippen molar-refractivity contribution in [2.75, 3.05) is 19.3 Å². The average Bonchev–Trinajstić information content (AvgIpc) is 2.90. The van der Waals surface area contributed by atoms with E-state index < -0.39 is 25.7 Å². The second-order valence-corrected chi connectivity index (χ2v) is 15.5. The lowest BCUT2D eigenvalue weighted by atomic mass is 9.90. The lowest BCUT2D eigenvalue weighted by Gasteiger charge is -2.39. The van der Waals surface area contributed by atoms with Crippen molar-refractivity contribution in [3.05, 3.63) is 70.8 Å². The topological polar surface area (TPSA) is 71.1 Å². The van der Waals surface area contributed by atoms with Crippen LogP contribution in [0, 0.1) is 30.1 Å². The van der Waals surface area contributed by atoms with Crippen molar-refractivity contribution in [2.24, 2.45) is 5.41 Å². The number of esters is 2. The van der Waals surface area contributed by atoms with Gasteiger partial charge >= 0.3 is 11.9 Å². The van der Waals surface area contributed by atoms with Crippen LogP contribution in [-0.2, 0) is 41.4 Å². The maximum atomic E-state index is 13.6. The fourth-order valence-corrected chi connectivity index (χ4v) is 4.18. The van der Waals surface area contributed by atoms with Crippen LogP contribution in [0.5, 0.6) is 0 Å². The molecule has 0 atom stereocenters. The van der Waals surface area contributed by atoms with Gasteiger partial charge < -0.3 is 18.6 Å². The number of benzene rings is 2. The molecule has 0 saturated carbocycles. The molecule has 0 aliphatic heterocycles. The van der Waals surface area contributed by atoms with Gasteiger partial charge in [0.25, 0.3) is 0 Å². The first kappa shape index (κ1) is 31.1. The standard InChI is InChI=1S/C30H35ClO6Si/c1-8-23-10-14-25(15-11-23)18-35-27(32)30(20-34-22-31,21-37-38(6,7)29(3,4)5)28(33)36-19-26-16-12-24(9-2)13-17-26/h1-2,10-17H,18-22H2,3-7H3. The average molecular weight is 555 g/mol. The molecule has 2 aromatic rings. The van der Waals surface area contributed by atoms with Gasteiger partial charge in [-0.2, -0.15) is 0 Å². The summed E-state index contributed by atoms with van der Waals surface area (Å²) in [7, 11) is -2.38. The molecule has 2 rings (SSSR count). The van der Waals surface area contributed by atoms with Crippen molar-refractivity contribution in [3.63, 3.8) is 0 Å². The molecule has 0 heterocycles. The molecule has 0 bridgehead atoms. The lowest BCUT2D eigenvalue weighted by molar-refractivity contribution is -0.181. The summed E-state index contributed by atoms with van der Waals surface area (Å²) in [5, 5.41) is -0.169.